The average Bonchev–Trinajstić information content (AvgIpc) is 3.99. The van der Waals surface area contributed by atoms with E-state index in [9.17, 15) is 79.0 Å². The Labute approximate surface area is 425 Å². The SMILES string of the molecule is O=C(O)C1=NN(c2ccc(S(=O)(=O)O)cc2)C(=O)C1/N=N/c1ccc(-c2nc3c(ccc4cc(S(=O)(=O)O)c(/N=N/c5cc(OCCO)c(/N=N/c6ccc([N+](=O)[O-])cc6S(=O)(=O)O)cc5OCCO)c(O)c43)[nH]2)cc1. The van der Waals surface area contributed by atoms with Crippen molar-refractivity contribution in [3.63, 3.8) is 0 Å². The molecule has 0 aliphatic carbocycles. The van der Waals surface area contributed by atoms with Crippen LogP contribution in [0.2, 0.25) is 0 Å². The number of hydrogen-bond donors (Lipinski definition) is 8. The number of carbonyl (C=O) groups excluding carboxylic acids is 1. The zero-order valence-electron chi connectivity index (χ0n) is 37.9. The van der Waals surface area contributed by atoms with Crippen LogP contribution in [0, 0.1) is 10.1 Å². The van der Waals surface area contributed by atoms with Gasteiger partial charge in [0.25, 0.3) is 41.9 Å². The minimum absolute atomic E-state index is 0.0260. The van der Waals surface area contributed by atoms with E-state index in [4.69, 9.17) is 9.47 Å². The van der Waals surface area contributed by atoms with Crippen molar-refractivity contribution in [2.24, 2.45) is 35.8 Å². The Morgan fingerprint density at radius 3 is 1.91 bits per heavy atom. The number of azo groups is 3. The van der Waals surface area contributed by atoms with E-state index in [1.165, 1.54) is 36.4 Å². The molecule has 0 saturated carbocycles. The number of benzene rings is 6. The van der Waals surface area contributed by atoms with Crippen molar-refractivity contribution in [3.8, 4) is 28.6 Å². The van der Waals surface area contributed by atoms with Crippen LogP contribution >= 0.6 is 0 Å². The lowest BCUT2D eigenvalue weighted by atomic mass is 10.1. The number of carbonyl (C=O) groups is 2. The number of carboxylic acid groups (broad SMARTS) is 1. The van der Waals surface area contributed by atoms with Crippen LogP contribution in [0.25, 0.3) is 33.2 Å². The van der Waals surface area contributed by atoms with Gasteiger partial charge in [-0.05, 0) is 72.1 Å². The second kappa shape index (κ2) is 21.0. The van der Waals surface area contributed by atoms with E-state index in [-0.39, 0.29) is 56.4 Å². The highest BCUT2D eigenvalue weighted by atomic mass is 32.2. The number of nitrogens with zero attached hydrogens (tertiary/aromatic N) is 10. The fourth-order valence-electron chi connectivity index (χ4n) is 7.15. The second-order valence-electron chi connectivity index (χ2n) is 15.5. The summed E-state index contributed by atoms with van der Waals surface area (Å²) in [7, 11) is -14.8. The third-order valence-electron chi connectivity index (χ3n) is 10.6. The minimum atomic E-state index is -5.18. The number of aromatic nitrogens is 2. The maximum atomic E-state index is 13.2. The van der Waals surface area contributed by atoms with E-state index >= 15 is 0 Å². The lowest BCUT2D eigenvalue weighted by Gasteiger charge is -2.13. The van der Waals surface area contributed by atoms with Gasteiger partial charge in [0.1, 0.15) is 68.6 Å². The van der Waals surface area contributed by atoms with Crippen molar-refractivity contribution in [3.05, 3.63) is 107 Å². The number of anilines is 1. The van der Waals surface area contributed by atoms with Crippen LogP contribution in [-0.4, -0.2) is 124 Å². The van der Waals surface area contributed by atoms with Gasteiger partial charge in [0.2, 0.25) is 6.04 Å². The van der Waals surface area contributed by atoms with Crippen LogP contribution in [0.1, 0.15) is 0 Å². The number of aliphatic hydroxyl groups excluding tert-OH is 2. The Kier molecular flexibility index (Phi) is 14.7. The summed E-state index contributed by atoms with van der Waals surface area (Å²) in [5.41, 5.74) is -2.44. The summed E-state index contributed by atoms with van der Waals surface area (Å²) < 4.78 is 113. The topological polar surface area (TPSA) is 458 Å². The number of nitro groups is 1. The average molecular weight is 1100 g/mol. The number of aromatic amines is 1. The van der Waals surface area contributed by atoms with Crippen molar-refractivity contribution < 1.29 is 83.3 Å². The largest absolute Gasteiger partial charge is 0.505 e. The Bertz CT molecular complexity index is 4000. The van der Waals surface area contributed by atoms with Gasteiger partial charge in [-0.3, -0.25) is 28.6 Å². The number of ether oxygens (including phenoxy) is 2. The molecule has 8 N–H and O–H groups in total. The summed E-state index contributed by atoms with van der Waals surface area (Å²) in [5, 5.41) is 80.2. The molecule has 0 radical (unpaired) electrons. The van der Waals surface area contributed by atoms with Crippen LogP contribution in [0.3, 0.4) is 0 Å². The van der Waals surface area contributed by atoms with Crippen molar-refractivity contribution in [2.45, 2.75) is 20.7 Å². The number of aliphatic hydroxyl groups is 2. The molecule has 1 aliphatic rings. The number of H-pyrrole nitrogens is 1. The Morgan fingerprint density at radius 1 is 0.737 bits per heavy atom. The molecular formula is C43H33N11O19S3. The fourth-order valence-corrected chi connectivity index (χ4v) is 8.93. The van der Waals surface area contributed by atoms with E-state index in [1.807, 2.05) is 0 Å². The number of phenolic OH excluding ortho intramolecular Hbond substituents is 1. The smallest absolute Gasteiger partial charge is 0.355 e. The predicted octanol–water partition coefficient (Wildman–Crippen LogP) is 6.25. The number of aromatic hydroxyl groups is 1. The number of nitro benzene ring substituents is 1. The highest BCUT2D eigenvalue weighted by Crippen LogP contribution is 2.46. The van der Waals surface area contributed by atoms with Gasteiger partial charge in [-0.15, -0.1) is 20.5 Å². The Hall–Kier alpha value is -9.09. The highest BCUT2D eigenvalue weighted by molar-refractivity contribution is 7.86. The first kappa shape index (κ1) is 53.2. The number of hydrazone groups is 1. The maximum Gasteiger partial charge on any atom is 0.355 e. The van der Waals surface area contributed by atoms with Gasteiger partial charge >= 0.3 is 5.97 Å². The number of nitrogens with one attached hydrogen (secondary N) is 1. The van der Waals surface area contributed by atoms with E-state index in [0.29, 0.717) is 22.2 Å². The molecule has 1 aromatic heterocycles. The van der Waals surface area contributed by atoms with Crippen LogP contribution in [-0.2, 0) is 39.9 Å². The molecule has 1 aliphatic heterocycles. The predicted molar refractivity (Wildman–Crippen MR) is 260 cm³/mol. The van der Waals surface area contributed by atoms with Gasteiger partial charge < -0.3 is 34.9 Å². The number of rotatable bonds is 19. The third-order valence-corrected chi connectivity index (χ3v) is 13.2. The van der Waals surface area contributed by atoms with Gasteiger partial charge in [-0.25, -0.2) is 9.78 Å². The minimum Gasteiger partial charge on any atom is -0.505 e. The first-order chi connectivity index (χ1) is 36.0. The zero-order valence-corrected chi connectivity index (χ0v) is 40.3. The third kappa shape index (κ3) is 11.2. The molecule has 33 heteroatoms. The van der Waals surface area contributed by atoms with Crippen molar-refractivity contribution >= 4 is 110 Å². The van der Waals surface area contributed by atoms with Gasteiger partial charge in [-0.2, -0.15) is 45.6 Å². The first-order valence-electron chi connectivity index (χ1n) is 21.1. The molecule has 6 aromatic carbocycles. The maximum absolute atomic E-state index is 13.2. The molecule has 392 valence electrons. The van der Waals surface area contributed by atoms with Crippen molar-refractivity contribution in [1.82, 2.24) is 9.97 Å². The number of carboxylic acids is 1. The number of amides is 1. The molecule has 0 saturated heterocycles. The second-order valence-corrected chi connectivity index (χ2v) is 19.7. The summed E-state index contributed by atoms with van der Waals surface area (Å²) in [6.45, 7) is -1.92. The molecule has 30 nitrogen and oxygen atoms in total. The molecule has 76 heavy (non-hydrogen) atoms. The standard InChI is InChI=1S/C43H33N11O19S3/c55-13-15-72-31-20-30(32(73-16-14-56)19-29(31)48-47-27-12-8-25(54(61)62)18-33(27)75(66,67)68)49-50-37-34(76(69,70)71)17-22-3-11-28-36(35(22)40(37)57)45-41(44-28)21-1-4-23(5-2-21)46-51-38-39(43(59)60)52-53(42(38)58)24-6-9-26(10-7-24)74(63,64)65/h1-12,17-20,38,55-57H,13-16H2,(H,44,45)(H,59,60)(H,63,64,65)(H,66,67,68)(H,69,70,71)/b48-47+,50-49+,51-46+. The molecule has 1 amide bonds. The zero-order chi connectivity index (χ0) is 54.9. The first-order valence-corrected chi connectivity index (χ1v) is 25.4. The summed E-state index contributed by atoms with van der Waals surface area (Å²) >= 11 is 0. The van der Waals surface area contributed by atoms with E-state index in [1.54, 1.807) is 0 Å². The molecule has 7 aromatic rings. The number of imidazole rings is 1. The van der Waals surface area contributed by atoms with E-state index in [0.717, 1.165) is 54.6 Å². The lowest BCUT2D eigenvalue weighted by molar-refractivity contribution is -0.385. The molecule has 1 atom stereocenters. The molecule has 8 rings (SSSR count). The monoisotopic (exact) mass is 1100 g/mol. The van der Waals surface area contributed by atoms with Crippen LogP contribution in [0.5, 0.6) is 17.2 Å². The van der Waals surface area contributed by atoms with Gasteiger partial charge in [-0.1, -0.05) is 6.07 Å². The van der Waals surface area contributed by atoms with Gasteiger partial charge in [0, 0.05) is 29.8 Å². The molecule has 2 heterocycles. The fraction of sp³-hybridized carbons (Fsp3) is 0.116. The molecule has 0 bridgehead atoms. The summed E-state index contributed by atoms with van der Waals surface area (Å²) in [4.78, 5) is 40.9. The van der Waals surface area contributed by atoms with E-state index in [2.05, 4.69) is 45.8 Å². The lowest BCUT2D eigenvalue weighted by Crippen LogP contribution is -2.33. The number of aliphatic carboxylic acids is 1. The van der Waals surface area contributed by atoms with E-state index < -0.39 is 123 Å². The van der Waals surface area contributed by atoms with Gasteiger partial charge in [0.05, 0.1) is 45.3 Å². The number of fused-ring (bicyclic) bond motifs is 3. The van der Waals surface area contributed by atoms with Crippen LogP contribution < -0.4 is 14.5 Å². The normalized spacial score (nSPS) is 14.4. The van der Waals surface area contributed by atoms with Crippen molar-refractivity contribution in [1.29, 1.82) is 0 Å². The quantitative estimate of drug-likeness (QED) is 0.0192. The number of hydrogen-bond acceptors (Lipinski definition) is 23. The number of phenols is 1. The number of non-ortho nitro benzene ring substituents is 1. The van der Waals surface area contributed by atoms with Crippen LogP contribution in [0.15, 0.2) is 148 Å². The van der Waals surface area contributed by atoms with Crippen molar-refractivity contribution in [2.75, 3.05) is 31.4 Å². The Morgan fingerprint density at radius 2 is 1.34 bits per heavy atom. The summed E-state index contributed by atoms with van der Waals surface area (Å²) in [6.07, 6.45) is 0. The molecule has 0 fully saturated rings. The van der Waals surface area contributed by atoms with Gasteiger partial charge in [0.15, 0.2) is 11.5 Å². The van der Waals surface area contributed by atoms with Crippen LogP contribution in [0.4, 0.5) is 39.8 Å². The highest BCUT2D eigenvalue weighted by Gasteiger charge is 2.41. The summed E-state index contributed by atoms with van der Waals surface area (Å²) in [6, 6.07) is 16.8. The molecule has 1 unspecified atom stereocenters. The summed E-state index contributed by atoms with van der Waals surface area (Å²) in [5.74, 6) is -3.71. The Balaban J connectivity index is 1.12. The molecular weight excluding hydrogens is 1070 g/mol. The molecule has 0 spiro atoms.